The van der Waals surface area contributed by atoms with E-state index in [1.165, 1.54) is 13.8 Å². The molecule has 0 amide bonds. The molecule has 0 bridgehead atoms. The standard InChI is InChI=1S/C19H24O9/c1-10(2)17(25)27-9-14(20)19(7-12(5)15(21)22,8-13(6)16(23)24)28-18(26)11(3)4/h7-8,14,20H,1,3,9H2,2,4-6H3,(H,21,22)(H,23,24). The largest absolute Gasteiger partial charge is 0.478 e. The Hall–Kier alpha value is -3.20. The van der Waals surface area contributed by atoms with Crippen molar-refractivity contribution in [1.29, 1.82) is 0 Å². The van der Waals surface area contributed by atoms with Crippen LogP contribution in [0, 0.1) is 0 Å². The number of aliphatic hydroxyl groups excluding tert-OH is 1. The van der Waals surface area contributed by atoms with Crippen molar-refractivity contribution < 1.29 is 44.0 Å². The number of hydrogen-bond donors (Lipinski definition) is 3. The van der Waals surface area contributed by atoms with Gasteiger partial charge < -0.3 is 24.8 Å². The molecule has 0 aliphatic rings. The maximum absolute atomic E-state index is 12.1. The molecule has 0 radical (unpaired) electrons. The lowest BCUT2D eigenvalue weighted by molar-refractivity contribution is -0.161. The summed E-state index contributed by atoms with van der Waals surface area (Å²) in [5.74, 6) is -4.67. The van der Waals surface area contributed by atoms with Crippen molar-refractivity contribution in [2.45, 2.75) is 39.4 Å². The van der Waals surface area contributed by atoms with Crippen LogP contribution in [0.2, 0.25) is 0 Å². The first-order chi connectivity index (χ1) is 12.7. The van der Waals surface area contributed by atoms with E-state index in [1.54, 1.807) is 0 Å². The first kappa shape index (κ1) is 24.8. The minimum absolute atomic E-state index is 0.0336. The van der Waals surface area contributed by atoms with Crippen LogP contribution in [0.3, 0.4) is 0 Å². The van der Waals surface area contributed by atoms with Crippen molar-refractivity contribution >= 4 is 23.9 Å². The molecule has 1 unspecified atom stereocenters. The van der Waals surface area contributed by atoms with Gasteiger partial charge in [0.25, 0.3) is 0 Å². The maximum atomic E-state index is 12.1. The Bertz CT molecular complexity index is 725. The molecule has 28 heavy (non-hydrogen) atoms. The van der Waals surface area contributed by atoms with Crippen LogP contribution in [0.25, 0.3) is 0 Å². The summed E-state index contributed by atoms with van der Waals surface area (Å²) in [5.41, 5.74) is -3.01. The Labute approximate surface area is 162 Å². The molecule has 0 aliphatic carbocycles. The van der Waals surface area contributed by atoms with E-state index in [0.29, 0.717) is 0 Å². The fraction of sp³-hybridized carbons (Fsp3) is 0.368. The fourth-order valence-corrected chi connectivity index (χ4v) is 1.82. The van der Waals surface area contributed by atoms with Crippen molar-refractivity contribution in [3.8, 4) is 0 Å². The monoisotopic (exact) mass is 396 g/mol. The molecular weight excluding hydrogens is 372 g/mol. The molecule has 0 saturated carbocycles. The molecule has 3 N–H and O–H groups in total. The second kappa shape index (κ2) is 10.2. The van der Waals surface area contributed by atoms with Crippen LogP contribution in [-0.4, -0.2) is 57.5 Å². The Morgan fingerprint density at radius 1 is 0.893 bits per heavy atom. The quantitative estimate of drug-likeness (QED) is 0.368. The highest BCUT2D eigenvalue weighted by atomic mass is 16.6. The molecule has 9 heteroatoms. The third-order valence-corrected chi connectivity index (χ3v) is 3.42. The van der Waals surface area contributed by atoms with Crippen LogP contribution in [0.4, 0.5) is 0 Å². The van der Waals surface area contributed by atoms with E-state index in [-0.39, 0.29) is 22.3 Å². The summed E-state index contributed by atoms with van der Waals surface area (Å²) in [6.07, 6.45) is -0.105. The van der Waals surface area contributed by atoms with Gasteiger partial charge in [0.2, 0.25) is 0 Å². The van der Waals surface area contributed by atoms with Crippen molar-refractivity contribution in [3.05, 3.63) is 47.6 Å². The third kappa shape index (κ3) is 7.20. The van der Waals surface area contributed by atoms with E-state index >= 15 is 0 Å². The van der Waals surface area contributed by atoms with Crippen LogP contribution in [0.5, 0.6) is 0 Å². The summed E-state index contributed by atoms with van der Waals surface area (Å²) in [5, 5.41) is 28.9. The molecule has 9 nitrogen and oxygen atoms in total. The highest BCUT2D eigenvalue weighted by Crippen LogP contribution is 2.27. The van der Waals surface area contributed by atoms with E-state index < -0.39 is 42.2 Å². The molecule has 0 fully saturated rings. The number of aliphatic hydroxyl groups is 1. The van der Waals surface area contributed by atoms with Crippen LogP contribution in [0.15, 0.2) is 47.6 Å². The smallest absolute Gasteiger partial charge is 0.334 e. The molecule has 1 atom stereocenters. The number of carboxylic acid groups (broad SMARTS) is 2. The Balaban J connectivity index is 6.43. The average Bonchev–Trinajstić information content (AvgIpc) is 2.58. The van der Waals surface area contributed by atoms with Gasteiger partial charge in [-0.3, -0.25) is 0 Å². The van der Waals surface area contributed by atoms with Gasteiger partial charge in [0.15, 0.2) is 5.60 Å². The van der Waals surface area contributed by atoms with Crippen molar-refractivity contribution in [3.63, 3.8) is 0 Å². The molecule has 0 aromatic carbocycles. The minimum atomic E-state index is -2.25. The predicted octanol–water partition coefficient (Wildman–Crippen LogP) is 1.39. The normalized spacial score (nSPS) is 15.0. The van der Waals surface area contributed by atoms with Gasteiger partial charge in [0.1, 0.15) is 12.7 Å². The molecule has 0 spiro atoms. The lowest BCUT2D eigenvalue weighted by atomic mass is 9.91. The number of carbonyl (C=O) groups excluding carboxylic acids is 2. The SMILES string of the molecule is C=C(C)C(=O)OCC(O)C(C=C(C)C(=O)O)(C=C(C)C(=O)O)OC(=O)C(=C)C. The number of hydrogen-bond acceptors (Lipinski definition) is 7. The molecular formula is C19H24O9. The van der Waals surface area contributed by atoms with E-state index in [4.69, 9.17) is 19.7 Å². The Morgan fingerprint density at radius 3 is 1.61 bits per heavy atom. The fourth-order valence-electron chi connectivity index (χ4n) is 1.82. The Kier molecular flexibility index (Phi) is 9.05. The predicted molar refractivity (Wildman–Crippen MR) is 98.2 cm³/mol. The van der Waals surface area contributed by atoms with Gasteiger partial charge in [-0.25, -0.2) is 19.2 Å². The summed E-state index contributed by atoms with van der Waals surface area (Å²) in [7, 11) is 0. The van der Waals surface area contributed by atoms with E-state index in [1.807, 2.05) is 0 Å². The van der Waals surface area contributed by atoms with E-state index in [9.17, 15) is 24.3 Å². The third-order valence-electron chi connectivity index (χ3n) is 3.42. The van der Waals surface area contributed by atoms with Crippen LogP contribution < -0.4 is 0 Å². The molecule has 154 valence electrons. The second-order valence-corrected chi connectivity index (χ2v) is 6.18. The van der Waals surface area contributed by atoms with Gasteiger partial charge in [-0.05, 0) is 39.8 Å². The molecule has 0 saturated heterocycles. The summed E-state index contributed by atoms with van der Waals surface area (Å²) < 4.78 is 10.1. The van der Waals surface area contributed by atoms with Crippen molar-refractivity contribution in [2.24, 2.45) is 0 Å². The van der Waals surface area contributed by atoms with Crippen molar-refractivity contribution in [2.75, 3.05) is 6.61 Å². The minimum Gasteiger partial charge on any atom is -0.478 e. The summed E-state index contributed by atoms with van der Waals surface area (Å²) in [4.78, 5) is 46.2. The highest BCUT2D eigenvalue weighted by Gasteiger charge is 2.40. The summed E-state index contributed by atoms with van der Waals surface area (Å²) in [6, 6.07) is 0. The second-order valence-electron chi connectivity index (χ2n) is 6.18. The summed E-state index contributed by atoms with van der Waals surface area (Å²) in [6.45, 7) is 11.0. The maximum Gasteiger partial charge on any atom is 0.334 e. The van der Waals surface area contributed by atoms with Gasteiger partial charge in [0.05, 0.1) is 0 Å². The number of ether oxygens (including phenoxy) is 2. The summed E-state index contributed by atoms with van der Waals surface area (Å²) >= 11 is 0. The molecule has 0 rings (SSSR count). The van der Waals surface area contributed by atoms with Crippen LogP contribution >= 0.6 is 0 Å². The van der Waals surface area contributed by atoms with Gasteiger partial charge in [-0.1, -0.05) is 13.2 Å². The number of carbonyl (C=O) groups is 4. The lowest BCUT2D eigenvalue weighted by Crippen LogP contribution is -2.47. The average molecular weight is 396 g/mol. The van der Waals surface area contributed by atoms with Gasteiger partial charge in [-0.15, -0.1) is 0 Å². The van der Waals surface area contributed by atoms with E-state index in [2.05, 4.69) is 13.2 Å². The van der Waals surface area contributed by atoms with Crippen LogP contribution in [-0.2, 0) is 28.7 Å². The van der Waals surface area contributed by atoms with Gasteiger partial charge in [-0.2, -0.15) is 0 Å². The first-order valence-corrected chi connectivity index (χ1v) is 7.98. The van der Waals surface area contributed by atoms with Gasteiger partial charge in [0, 0.05) is 22.3 Å². The first-order valence-electron chi connectivity index (χ1n) is 7.98. The van der Waals surface area contributed by atoms with Crippen molar-refractivity contribution in [1.82, 2.24) is 0 Å². The number of esters is 2. The molecule has 0 aliphatic heterocycles. The zero-order valence-corrected chi connectivity index (χ0v) is 16.1. The Morgan fingerprint density at radius 2 is 1.29 bits per heavy atom. The number of rotatable bonds is 10. The number of aliphatic carboxylic acids is 2. The zero-order chi connectivity index (χ0) is 22.2. The van der Waals surface area contributed by atoms with Gasteiger partial charge >= 0.3 is 23.9 Å². The van der Waals surface area contributed by atoms with Crippen LogP contribution in [0.1, 0.15) is 27.7 Å². The molecule has 0 aromatic rings. The molecule has 0 heterocycles. The lowest BCUT2D eigenvalue weighted by Gasteiger charge is -2.33. The highest BCUT2D eigenvalue weighted by molar-refractivity contribution is 5.90. The zero-order valence-electron chi connectivity index (χ0n) is 16.1. The topological polar surface area (TPSA) is 147 Å². The number of carboxylic acids is 2. The van der Waals surface area contributed by atoms with E-state index in [0.717, 1.165) is 26.0 Å². The molecule has 0 aromatic heterocycles.